The van der Waals surface area contributed by atoms with E-state index in [1.165, 1.54) is 74.5 Å². The molecule has 0 unspecified atom stereocenters. The summed E-state index contributed by atoms with van der Waals surface area (Å²) in [7, 11) is 0. The number of esters is 2. The molecule has 0 bridgehead atoms. The number of carbonyl (C=O) groups excluding carboxylic acids is 2. The van der Waals surface area contributed by atoms with Crippen LogP contribution in [0.1, 0.15) is 13.8 Å². The molecule has 0 radical (unpaired) electrons. The third-order valence-electron chi connectivity index (χ3n) is 4.53. The Labute approximate surface area is 184 Å². The van der Waals surface area contributed by atoms with Gasteiger partial charge in [0, 0.05) is 22.3 Å². The first-order valence-corrected chi connectivity index (χ1v) is 9.61. The molecule has 32 heavy (non-hydrogen) atoms. The van der Waals surface area contributed by atoms with E-state index in [0.717, 1.165) is 0 Å². The average molecular weight is 434 g/mol. The van der Waals surface area contributed by atoms with Gasteiger partial charge in [-0.3, -0.25) is 0 Å². The second-order valence-electron chi connectivity index (χ2n) is 7.18. The maximum absolute atomic E-state index is 14.8. The number of ether oxygens (including phenoxy) is 2. The van der Waals surface area contributed by atoms with E-state index in [1.807, 2.05) is 0 Å². The highest BCUT2D eigenvalue weighted by Crippen LogP contribution is 2.33. The van der Waals surface area contributed by atoms with E-state index in [1.54, 1.807) is 0 Å². The van der Waals surface area contributed by atoms with E-state index < -0.39 is 23.6 Å². The SMILES string of the molecule is C=C(C)C(=O)Oc1ccc(-c2ccc(-c3ccc(OC(=O)C(=C)C)cc3)c(F)c2F)cc1. The van der Waals surface area contributed by atoms with E-state index >= 15 is 0 Å². The van der Waals surface area contributed by atoms with Crippen LogP contribution in [0.3, 0.4) is 0 Å². The van der Waals surface area contributed by atoms with E-state index in [9.17, 15) is 18.4 Å². The van der Waals surface area contributed by atoms with Crippen LogP contribution in [-0.2, 0) is 9.59 Å². The van der Waals surface area contributed by atoms with E-state index in [-0.39, 0.29) is 33.8 Å². The lowest BCUT2D eigenvalue weighted by atomic mass is 9.98. The first-order valence-electron chi connectivity index (χ1n) is 9.61. The lowest BCUT2D eigenvalue weighted by molar-refractivity contribution is -0.130. The first-order chi connectivity index (χ1) is 15.2. The van der Waals surface area contributed by atoms with Gasteiger partial charge in [0.2, 0.25) is 0 Å². The van der Waals surface area contributed by atoms with Crippen LogP contribution in [-0.4, -0.2) is 11.9 Å². The molecule has 0 N–H and O–H groups in total. The zero-order chi connectivity index (χ0) is 23.4. The lowest BCUT2D eigenvalue weighted by Gasteiger charge is -2.11. The molecule has 4 nitrogen and oxygen atoms in total. The molecule has 0 aliphatic heterocycles. The molecule has 0 heterocycles. The summed E-state index contributed by atoms with van der Waals surface area (Å²) in [5.41, 5.74) is 1.47. The van der Waals surface area contributed by atoms with Crippen LogP contribution in [0.15, 0.2) is 85.0 Å². The zero-order valence-corrected chi connectivity index (χ0v) is 17.6. The summed E-state index contributed by atoms with van der Waals surface area (Å²) >= 11 is 0. The normalized spacial score (nSPS) is 10.4. The van der Waals surface area contributed by atoms with Crippen molar-refractivity contribution in [2.75, 3.05) is 0 Å². The Balaban J connectivity index is 1.84. The Morgan fingerprint density at radius 1 is 0.625 bits per heavy atom. The highest BCUT2D eigenvalue weighted by molar-refractivity contribution is 5.89. The molecular formula is C26H20F2O4. The molecule has 3 rings (SSSR count). The molecule has 3 aromatic rings. The Bertz CT molecular complexity index is 1110. The number of hydrogen-bond acceptors (Lipinski definition) is 4. The summed E-state index contributed by atoms with van der Waals surface area (Å²) in [6, 6.07) is 15.0. The van der Waals surface area contributed by atoms with Crippen molar-refractivity contribution in [2.45, 2.75) is 13.8 Å². The molecule has 0 aromatic heterocycles. The van der Waals surface area contributed by atoms with Crippen molar-refractivity contribution < 1.29 is 27.8 Å². The van der Waals surface area contributed by atoms with E-state index in [0.29, 0.717) is 11.1 Å². The van der Waals surface area contributed by atoms with Gasteiger partial charge in [0.25, 0.3) is 0 Å². The van der Waals surface area contributed by atoms with E-state index in [2.05, 4.69) is 13.2 Å². The summed E-state index contributed by atoms with van der Waals surface area (Å²) in [6.45, 7) is 10.1. The summed E-state index contributed by atoms with van der Waals surface area (Å²) in [5.74, 6) is -2.61. The third-order valence-corrected chi connectivity index (χ3v) is 4.53. The number of carbonyl (C=O) groups is 2. The van der Waals surface area contributed by atoms with Gasteiger partial charge in [-0.05, 0) is 49.2 Å². The Morgan fingerprint density at radius 3 is 1.22 bits per heavy atom. The minimum atomic E-state index is -1.01. The van der Waals surface area contributed by atoms with Crippen molar-refractivity contribution in [3.05, 3.63) is 96.6 Å². The molecule has 0 amide bonds. The predicted molar refractivity (Wildman–Crippen MR) is 118 cm³/mol. The van der Waals surface area contributed by atoms with Crippen molar-refractivity contribution in [2.24, 2.45) is 0 Å². The maximum atomic E-state index is 14.8. The van der Waals surface area contributed by atoms with Crippen molar-refractivity contribution in [1.29, 1.82) is 0 Å². The Morgan fingerprint density at radius 2 is 0.938 bits per heavy atom. The fourth-order valence-electron chi connectivity index (χ4n) is 2.79. The number of halogens is 2. The van der Waals surface area contributed by atoms with Crippen molar-refractivity contribution in [1.82, 2.24) is 0 Å². The maximum Gasteiger partial charge on any atom is 0.338 e. The smallest absolute Gasteiger partial charge is 0.338 e. The topological polar surface area (TPSA) is 52.6 Å². The minimum Gasteiger partial charge on any atom is -0.423 e. The van der Waals surface area contributed by atoms with E-state index in [4.69, 9.17) is 9.47 Å². The number of rotatable bonds is 6. The van der Waals surface area contributed by atoms with Crippen LogP contribution in [0.25, 0.3) is 22.3 Å². The predicted octanol–water partition coefficient (Wildman–Crippen LogP) is 6.26. The van der Waals surface area contributed by atoms with Crippen LogP contribution < -0.4 is 9.47 Å². The first kappa shape index (κ1) is 22.6. The van der Waals surface area contributed by atoms with Gasteiger partial charge in [-0.1, -0.05) is 49.6 Å². The molecule has 3 aromatic carbocycles. The number of benzene rings is 3. The van der Waals surface area contributed by atoms with Crippen LogP contribution in [0.5, 0.6) is 11.5 Å². The molecule has 0 aliphatic carbocycles. The van der Waals surface area contributed by atoms with Crippen LogP contribution in [0, 0.1) is 11.6 Å². The highest BCUT2D eigenvalue weighted by Gasteiger charge is 2.17. The summed E-state index contributed by atoms with van der Waals surface area (Å²) in [6.07, 6.45) is 0. The molecule has 0 saturated carbocycles. The van der Waals surface area contributed by atoms with Gasteiger partial charge in [0.15, 0.2) is 11.6 Å². The second-order valence-corrected chi connectivity index (χ2v) is 7.18. The molecule has 6 heteroatoms. The fraction of sp³-hybridized carbons (Fsp3) is 0.0769. The van der Waals surface area contributed by atoms with Gasteiger partial charge in [0.05, 0.1) is 0 Å². The molecular weight excluding hydrogens is 414 g/mol. The highest BCUT2D eigenvalue weighted by atomic mass is 19.2. The van der Waals surface area contributed by atoms with Gasteiger partial charge < -0.3 is 9.47 Å². The van der Waals surface area contributed by atoms with Gasteiger partial charge >= 0.3 is 11.9 Å². The van der Waals surface area contributed by atoms with Crippen LogP contribution in [0.2, 0.25) is 0 Å². The zero-order valence-electron chi connectivity index (χ0n) is 17.6. The fourth-order valence-corrected chi connectivity index (χ4v) is 2.79. The molecule has 0 aliphatic rings. The van der Waals surface area contributed by atoms with Crippen molar-refractivity contribution in [3.63, 3.8) is 0 Å². The third kappa shape index (κ3) is 4.98. The second kappa shape index (κ2) is 9.39. The van der Waals surface area contributed by atoms with Gasteiger partial charge in [-0.15, -0.1) is 0 Å². The van der Waals surface area contributed by atoms with Crippen LogP contribution in [0.4, 0.5) is 8.78 Å². The number of hydrogen-bond donors (Lipinski definition) is 0. The van der Waals surface area contributed by atoms with Crippen molar-refractivity contribution >= 4 is 11.9 Å². The molecule has 0 spiro atoms. The average Bonchev–Trinajstić information content (AvgIpc) is 2.77. The quantitative estimate of drug-likeness (QED) is 0.261. The molecule has 0 atom stereocenters. The van der Waals surface area contributed by atoms with Gasteiger partial charge in [-0.25, -0.2) is 18.4 Å². The molecule has 0 saturated heterocycles. The standard InChI is InChI=1S/C26H20F2O4/c1-15(2)25(29)31-19-9-5-17(6-10-19)21-13-14-22(24(28)23(21)27)18-7-11-20(12-8-18)32-26(30)16(3)4/h5-14H,1,3H2,2,4H3. The monoisotopic (exact) mass is 434 g/mol. The minimum absolute atomic E-state index is 0.0658. The van der Waals surface area contributed by atoms with Gasteiger partial charge in [0.1, 0.15) is 11.5 Å². The Hall–Kier alpha value is -4.06. The van der Waals surface area contributed by atoms with Gasteiger partial charge in [-0.2, -0.15) is 0 Å². The molecule has 0 fully saturated rings. The summed E-state index contributed by atoms with van der Waals surface area (Å²) in [4.78, 5) is 23.2. The van der Waals surface area contributed by atoms with Crippen LogP contribution >= 0.6 is 0 Å². The largest absolute Gasteiger partial charge is 0.423 e. The summed E-state index contributed by atoms with van der Waals surface area (Å²) in [5, 5.41) is 0. The molecule has 162 valence electrons. The van der Waals surface area contributed by atoms with Crippen molar-refractivity contribution in [3.8, 4) is 33.8 Å². The Kier molecular flexibility index (Phi) is 6.64. The lowest BCUT2D eigenvalue weighted by Crippen LogP contribution is -2.08. The summed E-state index contributed by atoms with van der Waals surface area (Å²) < 4.78 is 39.9.